The SMILES string of the molecule is CNC[C@@H]1CCN(c2cnc(C(=O)Nc3cc(F)c4nc(C)cn4c3)cn2)C1. The van der Waals surface area contributed by atoms with Crippen LogP contribution in [0.5, 0.6) is 0 Å². The molecule has 4 rings (SSSR count). The van der Waals surface area contributed by atoms with Crippen LogP contribution in [0.25, 0.3) is 5.65 Å². The van der Waals surface area contributed by atoms with E-state index < -0.39 is 11.7 Å². The van der Waals surface area contributed by atoms with Crippen LogP contribution in [0.3, 0.4) is 0 Å². The number of hydrogen-bond donors (Lipinski definition) is 2. The summed E-state index contributed by atoms with van der Waals surface area (Å²) in [5.74, 6) is 0.407. The van der Waals surface area contributed by atoms with Crippen LogP contribution in [0.2, 0.25) is 0 Å². The van der Waals surface area contributed by atoms with Crippen LogP contribution in [-0.4, -0.2) is 51.9 Å². The van der Waals surface area contributed by atoms with Gasteiger partial charge in [0.15, 0.2) is 11.5 Å². The van der Waals surface area contributed by atoms with Crippen molar-refractivity contribution in [3.63, 3.8) is 0 Å². The quantitative estimate of drug-likeness (QED) is 0.699. The molecule has 0 radical (unpaired) electrons. The average molecular weight is 383 g/mol. The van der Waals surface area contributed by atoms with E-state index in [-0.39, 0.29) is 11.3 Å². The summed E-state index contributed by atoms with van der Waals surface area (Å²) in [4.78, 5) is 27.3. The molecule has 0 aliphatic carbocycles. The maximum atomic E-state index is 14.2. The number of rotatable bonds is 5. The zero-order chi connectivity index (χ0) is 19.7. The molecular formula is C19H22FN7O. The number of hydrogen-bond acceptors (Lipinski definition) is 6. The van der Waals surface area contributed by atoms with Gasteiger partial charge in [0, 0.05) is 31.5 Å². The van der Waals surface area contributed by atoms with E-state index in [1.54, 1.807) is 29.9 Å². The third-order valence-electron chi connectivity index (χ3n) is 4.86. The smallest absolute Gasteiger partial charge is 0.275 e. The standard InChI is InChI=1S/C19H22FN7O/c1-12-9-27-11-14(5-15(20)18(27)24-12)25-19(28)16-7-23-17(8-22-16)26-4-3-13(10-26)6-21-2/h5,7-9,11,13,21H,3-4,6,10H2,1-2H3,(H,25,28)/t13-/m0/s1. The highest BCUT2D eigenvalue weighted by atomic mass is 19.1. The van der Waals surface area contributed by atoms with Crippen LogP contribution in [0, 0.1) is 18.7 Å². The summed E-state index contributed by atoms with van der Waals surface area (Å²) in [5.41, 5.74) is 1.43. The molecule has 1 aliphatic rings. The molecule has 3 aromatic rings. The molecule has 146 valence electrons. The Morgan fingerprint density at radius 3 is 2.93 bits per heavy atom. The molecule has 1 aliphatic heterocycles. The maximum absolute atomic E-state index is 14.2. The van der Waals surface area contributed by atoms with Gasteiger partial charge in [-0.3, -0.25) is 4.79 Å². The van der Waals surface area contributed by atoms with Crippen LogP contribution in [0.4, 0.5) is 15.9 Å². The lowest BCUT2D eigenvalue weighted by Crippen LogP contribution is -2.25. The molecule has 2 N–H and O–H groups in total. The van der Waals surface area contributed by atoms with Crippen molar-refractivity contribution in [1.29, 1.82) is 0 Å². The van der Waals surface area contributed by atoms with Crippen LogP contribution >= 0.6 is 0 Å². The monoisotopic (exact) mass is 383 g/mol. The minimum absolute atomic E-state index is 0.178. The Morgan fingerprint density at radius 2 is 2.18 bits per heavy atom. The Balaban J connectivity index is 1.45. The number of aromatic nitrogens is 4. The third-order valence-corrected chi connectivity index (χ3v) is 4.86. The first-order chi connectivity index (χ1) is 13.5. The Kier molecular flexibility index (Phi) is 4.91. The molecule has 1 fully saturated rings. The van der Waals surface area contributed by atoms with Gasteiger partial charge in [-0.1, -0.05) is 0 Å². The van der Waals surface area contributed by atoms with Gasteiger partial charge in [-0.2, -0.15) is 0 Å². The largest absolute Gasteiger partial charge is 0.355 e. The maximum Gasteiger partial charge on any atom is 0.275 e. The van der Waals surface area contributed by atoms with Gasteiger partial charge in [0.2, 0.25) is 0 Å². The summed E-state index contributed by atoms with van der Waals surface area (Å²) in [6.45, 7) is 4.60. The zero-order valence-corrected chi connectivity index (χ0v) is 15.8. The van der Waals surface area contributed by atoms with Crippen LogP contribution in [-0.2, 0) is 0 Å². The number of anilines is 2. The predicted molar refractivity (Wildman–Crippen MR) is 104 cm³/mol. The lowest BCUT2D eigenvalue weighted by molar-refractivity contribution is 0.102. The van der Waals surface area contributed by atoms with Crippen molar-refractivity contribution < 1.29 is 9.18 Å². The molecule has 3 aromatic heterocycles. The number of imidazole rings is 1. The normalized spacial score (nSPS) is 16.7. The van der Waals surface area contributed by atoms with E-state index in [2.05, 4.69) is 30.5 Å². The lowest BCUT2D eigenvalue weighted by Gasteiger charge is -2.17. The zero-order valence-electron chi connectivity index (χ0n) is 15.8. The van der Waals surface area contributed by atoms with E-state index in [1.165, 1.54) is 12.3 Å². The second kappa shape index (κ2) is 7.51. The van der Waals surface area contributed by atoms with Gasteiger partial charge in [-0.15, -0.1) is 0 Å². The molecule has 0 aromatic carbocycles. The Bertz CT molecular complexity index is 1000. The van der Waals surface area contributed by atoms with Gasteiger partial charge in [-0.05, 0) is 32.9 Å². The fraction of sp³-hybridized carbons (Fsp3) is 0.368. The Morgan fingerprint density at radius 1 is 1.32 bits per heavy atom. The van der Waals surface area contributed by atoms with E-state index in [0.717, 1.165) is 31.9 Å². The molecule has 1 saturated heterocycles. The fourth-order valence-electron chi connectivity index (χ4n) is 3.54. The first-order valence-corrected chi connectivity index (χ1v) is 9.21. The number of nitrogens with one attached hydrogen (secondary N) is 2. The van der Waals surface area contributed by atoms with Crippen molar-refractivity contribution in [2.75, 3.05) is 36.9 Å². The average Bonchev–Trinajstić information content (AvgIpc) is 3.28. The molecule has 28 heavy (non-hydrogen) atoms. The minimum atomic E-state index is -0.502. The summed E-state index contributed by atoms with van der Waals surface area (Å²) < 4.78 is 15.7. The first-order valence-electron chi connectivity index (χ1n) is 9.21. The van der Waals surface area contributed by atoms with Crippen LogP contribution in [0.1, 0.15) is 22.6 Å². The Hall–Kier alpha value is -3.07. The van der Waals surface area contributed by atoms with Crippen LogP contribution in [0.15, 0.2) is 30.9 Å². The second-order valence-electron chi connectivity index (χ2n) is 7.06. The van der Waals surface area contributed by atoms with Gasteiger partial charge in [0.25, 0.3) is 5.91 Å². The number of carbonyl (C=O) groups is 1. The summed E-state index contributed by atoms with van der Waals surface area (Å²) in [6.07, 6.45) is 7.48. The topological polar surface area (TPSA) is 87.5 Å². The van der Waals surface area contributed by atoms with E-state index in [9.17, 15) is 9.18 Å². The fourth-order valence-corrected chi connectivity index (χ4v) is 3.54. The summed E-state index contributed by atoms with van der Waals surface area (Å²) in [5, 5.41) is 5.86. The number of pyridine rings is 1. The highest BCUT2D eigenvalue weighted by Crippen LogP contribution is 2.21. The van der Waals surface area contributed by atoms with Gasteiger partial charge in [0.05, 0.1) is 23.8 Å². The molecule has 0 spiro atoms. The van der Waals surface area contributed by atoms with Gasteiger partial charge in [0.1, 0.15) is 11.5 Å². The van der Waals surface area contributed by atoms with E-state index in [4.69, 9.17) is 0 Å². The van der Waals surface area contributed by atoms with Gasteiger partial charge < -0.3 is 19.9 Å². The molecule has 0 saturated carbocycles. The molecule has 8 nitrogen and oxygen atoms in total. The molecule has 0 bridgehead atoms. The van der Waals surface area contributed by atoms with Gasteiger partial charge in [-0.25, -0.2) is 19.3 Å². The molecular weight excluding hydrogens is 361 g/mol. The molecule has 9 heteroatoms. The minimum Gasteiger partial charge on any atom is -0.355 e. The Labute approximate surface area is 161 Å². The summed E-state index contributed by atoms with van der Waals surface area (Å²) in [6, 6.07) is 1.24. The molecule has 4 heterocycles. The number of amides is 1. The van der Waals surface area contributed by atoms with E-state index >= 15 is 0 Å². The van der Waals surface area contributed by atoms with Crippen molar-refractivity contribution in [3.8, 4) is 0 Å². The summed E-state index contributed by atoms with van der Waals surface area (Å²) in [7, 11) is 1.95. The molecule has 1 atom stereocenters. The molecule has 1 amide bonds. The van der Waals surface area contributed by atoms with Crippen LogP contribution < -0.4 is 15.5 Å². The van der Waals surface area contributed by atoms with Crippen molar-refractivity contribution >= 4 is 23.1 Å². The third kappa shape index (κ3) is 3.65. The van der Waals surface area contributed by atoms with Crippen molar-refractivity contribution in [1.82, 2.24) is 24.7 Å². The number of fused-ring (bicyclic) bond motifs is 1. The van der Waals surface area contributed by atoms with E-state index in [0.29, 0.717) is 17.3 Å². The van der Waals surface area contributed by atoms with Crippen molar-refractivity contribution in [2.45, 2.75) is 13.3 Å². The molecule has 0 unspecified atom stereocenters. The second-order valence-corrected chi connectivity index (χ2v) is 7.06. The number of nitrogens with zero attached hydrogens (tertiary/aromatic N) is 5. The van der Waals surface area contributed by atoms with Gasteiger partial charge >= 0.3 is 0 Å². The predicted octanol–water partition coefficient (Wildman–Crippen LogP) is 1.87. The number of aryl methyl sites for hydroxylation is 1. The number of carbonyl (C=O) groups excluding carboxylic acids is 1. The summed E-state index contributed by atoms with van der Waals surface area (Å²) >= 11 is 0. The van der Waals surface area contributed by atoms with Crippen molar-refractivity contribution in [2.24, 2.45) is 5.92 Å². The van der Waals surface area contributed by atoms with E-state index in [1.807, 2.05) is 7.05 Å². The number of halogens is 1. The highest BCUT2D eigenvalue weighted by molar-refractivity contribution is 6.02. The first kappa shape index (κ1) is 18.3. The lowest BCUT2D eigenvalue weighted by atomic mass is 10.1. The highest BCUT2D eigenvalue weighted by Gasteiger charge is 2.23. The van der Waals surface area contributed by atoms with Crippen molar-refractivity contribution in [3.05, 3.63) is 48.1 Å².